The number of hydrogen-bond acceptors (Lipinski definition) is 7. The highest BCUT2D eigenvalue weighted by atomic mass is 32.2. The number of rotatable bonds is 2. The van der Waals surface area contributed by atoms with Gasteiger partial charge in [-0.25, -0.2) is 18.1 Å². The summed E-state index contributed by atoms with van der Waals surface area (Å²) < 4.78 is 32.7. The quantitative estimate of drug-likeness (QED) is 0.595. The van der Waals surface area contributed by atoms with E-state index >= 15 is 0 Å². The van der Waals surface area contributed by atoms with E-state index in [2.05, 4.69) is 25.3 Å². The van der Waals surface area contributed by atoms with Crippen LogP contribution < -0.4 is 20.1 Å². The van der Waals surface area contributed by atoms with Gasteiger partial charge in [-0.3, -0.25) is 0 Å². The van der Waals surface area contributed by atoms with Crippen LogP contribution in [0.3, 0.4) is 0 Å². The van der Waals surface area contributed by atoms with E-state index < -0.39 is 10.0 Å². The van der Waals surface area contributed by atoms with Crippen molar-refractivity contribution in [3.8, 4) is 16.9 Å². The summed E-state index contributed by atoms with van der Waals surface area (Å²) in [5.41, 5.74) is 2.39. The van der Waals surface area contributed by atoms with Crippen molar-refractivity contribution in [2.75, 3.05) is 30.8 Å². The largest absolute Gasteiger partial charge is 0.497 e. The molecule has 0 aliphatic carbocycles. The summed E-state index contributed by atoms with van der Waals surface area (Å²) in [7, 11) is -1.94. The van der Waals surface area contributed by atoms with E-state index in [9.17, 15) is 8.42 Å². The van der Waals surface area contributed by atoms with E-state index in [1.807, 2.05) is 24.3 Å². The molecule has 4 bridgehead atoms. The van der Waals surface area contributed by atoms with Crippen molar-refractivity contribution in [2.45, 2.75) is 11.3 Å². The van der Waals surface area contributed by atoms with E-state index in [0.29, 0.717) is 37.0 Å². The van der Waals surface area contributed by atoms with Crippen molar-refractivity contribution in [3.63, 3.8) is 0 Å². The predicted octanol–water partition coefficient (Wildman–Crippen LogP) is 2.99. The summed E-state index contributed by atoms with van der Waals surface area (Å²) in [5, 5.41) is 6.38. The average Bonchev–Trinajstić information content (AvgIpc) is 2.74. The first kappa shape index (κ1) is 19.2. The van der Waals surface area contributed by atoms with E-state index in [1.54, 1.807) is 37.6 Å². The summed E-state index contributed by atoms with van der Waals surface area (Å²) >= 11 is 0. The third-order valence-electron chi connectivity index (χ3n) is 4.53. The summed E-state index contributed by atoms with van der Waals surface area (Å²) in [5.74, 6) is 1.82. The predicted molar refractivity (Wildman–Crippen MR) is 112 cm³/mol. The van der Waals surface area contributed by atoms with Crippen molar-refractivity contribution < 1.29 is 13.2 Å². The van der Waals surface area contributed by atoms with E-state index in [-0.39, 0.29) is 4.90 Å². The number of hydrogen-bond donors (Lipinski definition) is 3. The second kappa shape index (κ2) is 8.06. The number of nitrogens with one attached hydrogen (secondary N) is 3. The second-order valence-corrected chi connectivity index (χ2v) is 8.28. The van der Waals surface area contributed by atoms with Gasteiger partial charge in [-0.15, -0.1) is 0 Å². The molecule has 0 amide bonds. The number of fused-ring (bicyclic) bond motifs is 4. The Bertz CT molecular complexity index is 1120. The molecular formula is C20H21N5O3S. The SMILES string of the molecule is COc1ccc(-c2cnc3nc2NCCCNS(=O)(=O)c2cccc(c2)N3)cc1. The lowest BCUT2D eigenvalue weighted by molar-refractivity contribution is 0.415. The highest BCUT2D eigenvalue weighted by Crippen LogP contribution is 2.29. The maximum absolute atomic E-state index is 12.4. The number of anilines is 3. The van der Waals surface area contributed by atoms with Crippen LogP contribution >= 0.6 is 0 Å². The maximum Gasteiger partial charge on any atom is 0.240 e. The number of methoxy groups -OCH3 is 1. The first-order valence-electron chi connectivity index (χ1n) is 9.17. The minimum Gasteiger partial charge on any atom is -0.497 e. The van der Waals surface area contributed by atoms with Gasteiger partial charge in [0.15, 0.2) is 0 Å². The van der Waals surface area contributed by atoms with Gasteiger partial charge in [-0.1, -0.05) is 18.2 Å². The van der Waals surface area contributed by atoms with Crippen LogP contribution in [-0.4, -0.2) is 38.6 Å². The Balaban J connectivity index is 1.72. The molecule has 0 unspecified atom stereocenters. The molecule has 8 nitrogen and oxygen atoms in total. The van der Waals surface area contributed by atoms with E-state index in [4.69, 9.17) is 4.74 Å². The summed E-state index contributed by atoms with van der Waals surface area (Å²) in [4.78, 5) is 9.22. The first-order chi connectivity index (χ1) is 14.0. The monoisotopic (exact) mass is 411 g/mol. The molecule has 3 N–H and O–H groups in total. The molecule has 2 heterocycles. The minimum absolute atomic E-state index is 0.199. The van der Waals surface area contributed by atoms with Crippen LogP contribution in [0, 0.1) is 0 Å². The number of sulfonamides is 1. The fourth-order valence-electron chi connectivity index (χ4n) is 3.01. The van der Waals surface area contributed by atoms with Gasteiger partial charge in [0.2, 0.25) is 16.0 Å². The lowest BCUT2D eigenvalue weighted by Crippen LogP contribution is -2.26. The minimum atomic E-state index is -3.56. The van der Waals surface area contributed by atoms with Gasteiger partial charge < -0.3 is 15.4 Å². The molecule has 0 saturated carbocycles. The number of nitrogens with zero attached hydrogens (tertiary/aromatic N) is 2. The molecule has 1 aliphatic heterocycles. The van der Waals surface area contributed by atoms with Crippen molar-refractivity contribution in [2.24, 2.45) is 0 Å². The fourth-order valence-corrected chi connectivity index (χ4v) is 4.13. The number of aromatic nitrogens is 2. The molecule has 4 rings (SSSR count). The van der Waals surface area contributed by atoms with Gasteiger partial charge in [0.1, 0.15) is 11.6 Å². The van der Waals surface area contributed by atoms with Crippen molar-refractivity contribution in [1.82, 2.24) is 14.7 Å². The van der Waals surface area contributed by atoms with Crippen molar-refractivity contribution in [3.05, 3.63) is 54.7 Å². The Morgan fingerprint density at radius 3 is 2.69 bits per heavy atom. The Kier molecular flexibility index (Phi) is 5.32. The average molecular weight is 411 g/mol. The lowest BCUT2D eigenvalue weighted by atomic mass is 10.1. The molecule has 0 spiro atoms. The molecule has 2 aromatic carbocycles. The third-order valence-corrected chi connectivity index (χ3v) is 5.99. The van der Waals surface area contributed by atoms with Crippen LogP contribution in [0.25, 0.3) is 11.1 Å². The lowest BCUT2D eigenvalue weighted by Gasteiger charge is -2.13. The van der Waals surface area contributed by atoms with Crippen molar-refractivity contribution in [1.29, 1.82) is 0 Å². The Hall–Kier alpha value is -3.17. The Morgan fingerprint density at radius 1 is 1.07 bits per heavy atom. The molecule has 3 aromatic rings. The van der Waals surface area contributed by atoms with Gasteiger partial charge in [0, 0.05) is 30.5 Å². The zero-order valence-corrected chi connectivity index (χ0v) is 16.7. The Labute approximate surface area is 169 Å². The van der Waals surface area contributed by atoms with Crippen LogP contribution in [0.15, 0.2) is 59.6 Å². The molecule has 0 saturated heterocycles. The van der Waals surface area contributed by atoms with E-state index in [1.165, 1.54) is 0 Å². The van der Waals surface area contributed by atoms with Gasteiger partial charge in [-0.05, 0) is 42.3 Å². The highest BCUT2D eigenvalue weighted by molar-refractivity contribution is 7.89. The smallest absolute Gasteiger partial charge is 0.240 e. The van der Waals surface area contributed by atoms with Crippen LogP contribution in [0.4, 0.5) is 17.5 Å². The highest BCUT2D eigenvalue weighted by Gasteiger charge is 2.16. The van der Waals surface area contributed by atoms with Gasteiger partial charge in [0.25, 0.3) is 0 Å². The molecule has 0 fully saturated rings. The molecule has 150 valence electrons. The third kappa shape index (κ3) is 4.30. The number of ether oxygens (including phenoxy) is 1. The molecule has 1 aromatic heterocycles. The summed E-state index contributed by atoms with van der Waals surface area (Å²) in [6, 6.07) is 14.2. The van der Waals surface area contributed by atoms with E-state index in [0.717, 1.165) is 16.9 Å². The molecule has 1 aliphatic rings. The second-order valence-electron chi connectivity index (χ2n) is 6.52. The fraction of sp³-hybridized carbons (Fsp3) is 0.200. The van der Waals surface area contributed by atoms with Crippen molar-refractivity contribution >= 4 is 27.5 Å². The molecule has 9 heteroatoms. The summed E-state index contributed by atoms with van der Waals surface area (Å²) in [6.45, 7) is 0.877. The van der Waals surface area contributed by atoms with Gasteiger partial charge >= 0.3 is 0 Å². The molecule has 0 atom stereocenters. The van der Waals surface area contributed by atoms with Gasteiger partial charge in [-0.2, -0.15) is 4.98 Å². The zero-order valence-electron chi connectivity index (χ0n) is 15.8. The Morgan fingerprint density at radius 2 is 1.90 bits per heavy atom. The van der Waals surface area contributed by atoms with Gasteiger partial charge in [0.05, 0.1) is 12.0 Å². The molecular weight excluding hydrogens is 390 g/mol. The van der Waals surface area contributed by atoms with Crippen LogP contribution in [-0.2, 0) is 10.0 Å². The molecule has 29 heavy (non-hydrogen) atoms. The first-order valence-corrected chi connectivity index (χ1v) is 10.7. The van der Waals surface area contributed by atoms with Crippen LogP contribution in [0.5, 0.6) is 5.75 Å². The summed E-state index contributed by atoms with van der Waals surface area (Å²) in [6.07, 6.45) is 2.35. The topological polar surface area (TPSA) is 105 Å². The molecule has 0 radical (unpaired) electrons. The zero-order chi connectivity index (χ0) is 20.3. The number of benzene rings is 2. The van der Waals surface area contributed by atoms with Crippen LogP contribution in [0.1, 0.15) is 6.42 Å². The standard InChI is InChI=1S/C20H21N5O3S/c1-28-16-8-6-14(7-9-16)18-13-22-20-24-15-4-2-5-17(12-15)29(26,27)23-11-3-10-21-19(18)25-20/h2,4-9,12-13,23H,3,10-11H2,1H3,(H2,21,22,24,25). The maximum atomic E-state index is 12.4. The normalized spacial score (nSPS) is 15.6. The van der Waals surface area contributed by atoms with Crippen LogP contribution in [0.2, 0.25) is 0 Å².